The molecule has 0 radical (unpaired) electrons. The summed E-state index contributed by atoms with van der Waals surface area (Å²) in [6.07, 6.45) is 1.41. The van der Waals surface area contributed by atoms with Gasteiger partial charge in [0.05, 0.1) is 0 Å². The van der Waals surface area contributed by atoms with Gasteiger partial charge in [-0.05, 0) is 32.2 Å². The molecule has 1 heteroatoms. The molecule has 2 unspecified atom stereocenters. The molecule has 0 saturated heterocycles. The third kappa shape index (κ3) is 1.02. The zero-order valence-electron chi connectivity index (χ0n) is 7.72. The van der Waals surface area contributed by atoms with Gasteiger partial charge in [-0.15, -0.1) is 0 Å². The number of hydrogen-bond acceptors (Lipinski definition) is 1. The lowest BCUT2D eigenvalue weighted by molar-refractivity contribution is 0.312. The number of hydrogen-bond donors (Lipinski definition) is 0. The fourth-order valence-corrected chi connectivity index (χ4v) is 2.62. The standard InChI is InChI=1S/C10H17N/c1-7-4-9-5-11(3)6-10(7)8(9)2/h7,9H,4-6H2,1-3H3. The maximum absolute atomic E-state index is 2.45. The van der Waals surface area contributed by atoms with Crippen LogP contribution in [0.15, 0.2) is 11.1 Å². The van der Waals surface area contributed by atoms with Crippen molar-refractivity contribution < 1.29 is 0 Å². The van der Waals surface area contributed by atoms with E-state index in [4.69, 9.17) is 0 Å². The van der Waals surface area contributed by atoms with Crippen molar-refractivity contribution in [1.29, 1.82) is 0 Å². The number of fused-ring (bicyclic) bond motifs is 1. The first-order valence-corrected chi connectivity index (χ1v) is 4.56. The van der Waals surface area contributed by atoms with Gasteiger partial charge in [0.1, 0.15) is 0 Å². The van der Waals surface area contributed by atoms with Crippen LogP contribution in [0.2, 0.25) is 0 Å². The summed E-state index contributed by atoms with van der Waals surface area (Å²) < 4.78 is 0. The molecule has 1 aliphatic carbocycles. The molecular formula is C10H17N. The van der Waals surface area contributed by atoms with Gasteiger partial charge in [0.15, 0.2) is 0 Å². The smallest absolute Gasteiger partial charge is 0.0195 e. The Hall–Kier alpha value is -0.300. The molecular weight excluding hydrogens is 134 g/mol. The Bertz CT molecular complexity index is 205. The van der Waals surface area contributed by atoms with Crippen LogP contribution in [0.4, 0.5) is 0 Å². The lowest BCUT2D eigenvalue weighted by Gasteiger charge is -2.26. The van der Waals surface area contributed by atoms with Gasteiger partial charge in [-0.2, -0.15) is 0 Å². The molecule has 2 rings (SSSR count). The molecule has 2 atom stereocenters. The largest absolute Gasteiger partial charge is 0.302 e. The second-order valence-electron chi connectivity index (χ2n) is 4.24. The second-order valence-corrected chi connectivity index (χ2v) is 4.24. The monoisotopic (exact) mass is 151 g/mol. The van der Waals surface area contributed by atoms with E-state index in [0.29, 0.717) is 0 Å². The summed E-state index contributed by atoms with van der Waals surface area (Å²) in [4.78, 5) is 2.45. The molecule has 0 aromatic heterocycles. The van der Waals surface area contributed by atoms with E-state index in [-0.39, 0.29) is 0 Å². The molecule has 0 aromatic carbocycles. The SMILES string of the molecule is CC1=C2CN(C)CC1CC2C. The van der Waals surface area contributed by atoms with Crippen molar-refractivity contribution in [2.75, 3.05) is 20.1 Å². The molecule has 11 heavy (non-hydrogen) atoms. The zero-order chi connectivity index (χ0) is 8.01. The molecule has 2 bridgehead atoms. The van der Waals surface area contributed by atoms with Crippen LogP contribution < -0.4 is 0 Å². The summed E-state index contributed by atoms with van der Waals surface area (Å²) in [6.45, 7) is 7.22. The molecule has 1 heterocycles. The Morgan fingerprint density at radius 2 is 2.18 bits per heavy atom. The fourth-order valence-electron chi connectivity index (χ4n) is 2.62. The van der Waals surface area contributed by atoms with E-state index in [1.807, 2.05) is 0 Å². The molecule has 0 amide bonds. The van der Waals surface area contributed by atoms with Crippen LogP contribution in [0.5, 0.6) is 0 Å². The highest BCUT2D eigenvalue weighted by atomic mass is 15.1. The van der Waals surface area contributed by atoms with Crippen LogP contribution in [-0.4, -0.2) is 25.0 Å². The highest BCUT2D eigenvalue weighted by Crippen LogP contribution is 2.40. The van der Waals surface area contributed by atoms with Crippen molar-refractivity contribution in [2.24, 2.45) is 11.8 Å². The van der Waals surface area contributed by atoms with Crippen molar-refractivity contribution in [3.05, 3.63) is 11.1 Å². The third-order valence-electron chi connectivity index (χ3n) is 3.32. The Balaban J connectivity index is 2.29. The number of likely N-dealkylation sites (N-methyl/N-ethyl adjacent to an activating group) is 1. The van der Waals surface area contributed by atoms with Crippen molar-refractivity contribution in [1.82, 2.24) is 4.90 Å². The number of likely N-dealkylation sites (tertiary alicyclic amines) is 1. The van der Waals surface area contributed by atoms with Crippen molar-refractivity contribution in [2.45, 2.75) is 20.3 Å². The van der Waals surface area contributed by atoms with Gasteiger partial charge in [0.25, 0.3) is 0 Å². The van der Waals surface area contributed by atoms with Crippen LogP contribution in [-0.2, 0) is 0 Å². The minimum Gasteiger partial charge on any atom is -0.302 e. The molecule has 62 valence electrons. The van der Waals surface area contributed by atoms with Crippen LogP contribution in [0.1, 0.15) is 20.3 Å². The lowest BCUT2D eigenvalue weighted by Crippen LogP contribution is -2.29. The Labute approximate surface area is 69.1 Å². The van der Waals surface area contributed by atoms with E-state index < -0.39 is 0 Å². The predicted octanol–water partition coefficient (Wildman–Crippen LogP) is 1.90. The summed E-state index contributed by atoms with van der Waals surface area (Å²) in [5, 5.41) is 0. The molecule has 0 saturated carbocycles. The van der Waals surface area contributed by atoms with Gasteiger partial charge < -0.3 is 4.90 Å². The average Bonchev–Trinajstić information content (AvgIpc) is 2.17. The van der Waals surface area contributed by atoms with Crippen LogP contribution in [0, 0.1) is 11.8 Å². The topological polar surface area (TPSA) is 3.24 Å². The molecule has 1 aliphatic heterocycles. The van der Waals surface area contributed by atoms with E-state index in [1.54, 1.807) is 11.1 Å². The summed E-state index contributed by atoms with van der Waals surface area (Å²) in [5.41, 5.74) is 3.43. The van der Waals surface area contributed by atoms with E-state index >= 15 is 0 Å². The first kappa shape index (κ1) is 7.35. The molecule has 0 aromatic rings. The first-order chi connectivity index (χ1) is 5.18. The van der Waals surface area contributed by atoms with Crippen molar-refractivity contribution in [3.63, 3.8) is 0 Å². The van der Waals surface area contributed by atoms with Gasteiger partial charge in [-0.3, -0.25) is 0 Å². The Morgan fingerprint density at radius 3 is 2.82 bits per heavy atom. The minimum atomic E-state index is 0.866. The zero-order valence-corrected chi connectivity index (χ0v) is 7.72. The fraction of sp³-hybridized carbons (Fsp3) is 0.800. The summed E-state index contributed by atoms with van der Waals surface area (Å²) in [7, 11) is 2.23. The molecule has 0 fully saturated rings. The van der Waals surface area contributed by atoms with E-state index in [2.05, 4.69) is 25.8 Å². The van der Waals surface area contributed by atoms with Gasteiger partial charge in [-0.1, -0.05) is 18.1 Å². The third-order valence-corrected chi connectivity index (χ3v) is 3.32. The Kier molecular flexibility index (Phi) is 1.57. The van der Waals surface area contributed by atoms with Gasteiger partial charge in [0, 0.05) is 13.1 Å². The van der Waals surface area contributed by atoms with E-state index in [1.165, 1.54) is 19.5 Å². The van der Waals surface area contributed by atoms with Crippen molar-refractivity contribution in [3.8, 4) is 0 Å². The van der Waals surface area contributed by atoms with Crippen LogP contribution in [0.25, 0.3) is 0 Å². The first-order valence-electron chi connectivity index (χ1n) is 4.56. The number of rotatable bonds is 0. The van der Waals surface area contributed by atoms with E-state index in [9.17, 15) is 0 Å². The molecule has 1 nitrogen and oxygen atoms in total. The van der Waals surface area contributed by atoms with Crippen LogP contribution in [0.3, 0.4) is 0 Å². The van der Waals surface area contributed by atoms with Crippen molar-refractivity contribution >= 4 is 0 Å². The average molecular weight is 151 g/mol. The predicted molar refractivity (Wildman–Crippen MR) is 47.5 cm³/mol. The summed E-state index contributed by atoms with van der Waals surface area (Å²) in [5.74, 6) is 1.75. The second kappa shape index (κ2) is 2.34. The highest BCUT2D eigenvalue weighted by molar-refractivity contribution is 5.27. The summed E-state index contributed by atoms with van der Waals surface area (Å²) >= 11 is 0. The number of nitrogens with zero attached hydrogens (tertiary/aromatic N) is 1. The Morgan fingerprint density at radius 1 is 1.45 bits per heavy atom. The summed E-state index contributed by atoms with van der Waals surface area (Å²) in [6, 6.07) is 0. The van der Waals surface area contributed by atoms with Gasteiger partial charge in [-0.25, -0.2) is 0 Å². The van der Waals surface area contributed by atoms with E-state index in [0.717, 1.165) is 11.8 Å². The molecule has 2 aliphatic rings. The highest BCUT2D eigenvalue weighted by Gasteiger charge is 2.33. The molecule has 0 N–H and O–H groups in total. The maximum atomic E-state index is 2.45. The normalized spacial score (nSPS) is 38.5. The lowest BCUT2D eigenvalue weighted by atomic mass is 9.99. The van der Waals surface area contributed by atoms with Gasteiger partial charge in [0.2, 0.25) is 0 Å². The minimum absolute atomic E-state index is 0.866. The maximum Gasteiger partial charge on any atom is 0.0195 e. The quantitative estimate of drug-likeness (QED) is 0.478. The van der Waals surface area contributed by atoms with Gasteiger partial charge >= 0.3 is 0 Å². The van der Waals surface area contributed by atoms with Crippen LogP contribution >= 0.6 is 0 Å². The molecule has 0 spiro atoms.